The van der Waals surface area contributed by atoms with Crippen LogP contribution >= 0.6 is 22.3 Å². The maximum atomic E-state index is 11.9. The van der Waals surface area contributed by atoms with Crippen molar-refractivity contribution in [3.05, 3.63) is 44.6 Å². The quantitative estimate of drug-likeness (QED) is 0.0260. The van der Waals surface area contributed by atoms with Gasteiger partial charge in [0.05, 0.1) is 49.9 Å². The minimum absolute atomic E-state index is 0. The van der Waals surface area contributed by atoms with Crippen LogP contribution in [0, 0.1) is 62.3 Å². The fraction of sp³-hybridized carbons (Fsp3) is 0.833. The molecular formula is C54H110Cl2Fe3O18S3. The first-order valence-electron chi connectivity index (χ1n) is 25.7. The van der Waals surface area contributed by atoms with Gasteiger partial charge in [0.2, 0.25) is 14.3 Å². The van der Waals surface area contributed by atoms with Crippen LogP contribution in [0.5, 0.6) is 0 Å². The van der Waals surface area contributed by atoms with Gasteiger partial charge in [-0.05, 0) is 50.1 Å². The van der Waals surface area contributed by atoms with Crippen molar-refractivity contribution in [2.75, 3.05) is 57.6 Å². The van der Waals surface area contributed by atoms with Crippen molar-refractivity contribution in [3.63, 3.8) is 0 Å². The number of ether oxygens (including phenoxy) is 2. The molecule has 0 aliphatic heterocycles. The van der Waals surface area contributed by atoms with E-state index in [0.29, 0.717) is 6.42 Å². The van der Waals surface area contributed by atoms with Gasteiger partial charge in [-0.3, -0.25) is 18.6 Å². The van der Waals surface area contributed by atoms with E-state index < -0.39 is 72.6 Å². The molecule has 0 aromatic rings. The molecule has 4 unspecified atom stereocenters. The molecule has 18 nitrogen and oxygen atoms in total. The van der Waals surface area contributed by atoms with Gasteiger partial charge < -0.3 is 84.7 Å². The molecule has 0 aromatic heterocycles. The Bertz CT molecular complexity index is 1580. The van der Waals surface area contributed by atoms with Crippen molar-refractivity contribution < 1.29 is 135 Å². The third-order valence-electron chi connectivity index (χ3n) is 12.1. The predicted molar refractivity (Wildman–Crippen MR) is 315 cm³/mol. The number of hydrogen-bond acceptors (Lipinski definition) is 18. The second kappa shape index (κ2) is 65.3. The number of rotatable bonds is 17. The van der Waals surface area contributed by atoms with E-state index in [1.807, 2.05) is 0 Å². The molecule has 490 valence electrons. The molecule has 6 aliphatic rings. The molecule has 6 N–H and O–H groups in total. The van der Waals surface area contributed by atoms with E-state index in [4.69, 9.17) is 51.7 Å². The molecule has 0 spiro atoms. The number of carbonyl (C=O) groups excluding carboxylic acids is 3. The van der Waals surface area contributed by atoms with Gasteiger partial charge >= 0.3 is 63.1 Å². The molecule has 6 saturated carbocycles. The summed E-state index contributed by atoms with van der Waals surface area (Å²) in [5, 5.41) is 50.5. The Morgan fingerprint density at radius 1 is 0.463 bits per heavy atom. The van der Waals surface area contributed by atoms with Gasteiger partial charge in [0.25, 0.3) is 10.1 Å². The molecule has 6 aliphatic carbocycles. The van der Waals surface area contributed by atoms with Gasteiger partial charge in [0.1, 0.15) is 40.9 Å². The van der Waals surface area contributed by atoms with Crippen molar-refractivity contribution in [2.45, 2.75) is 211 Å². The smallest absolute Gasteiger partial charge is 0.460 e. The van der Waals surface area contributed by atoms with Crippen molar-refractivity contribution in [1.82, 2.24) is 0 Å². The minimum atomic E-state index is -3.67. The maximum Gasteiger partial charge on any atom is 2.00 e. The van der Waals surface area contributed by atoms with Crippen LogP contribution in [-0.4, -0.2) is 155 Å². The minimum Gasteiger partial charge on any atom is -0.460 e. The first-order valence-corrected chi connectivity index (χ1v) is 32.7. The van der Waals surface area contributed by atoms with Gasteiger partial charge in [0.15, 0.2) is 0 Å². The summed E-state index contributed by atoms with van der Waals surface area (Å²) in [5.41, 5.74) is 0. The van der Waals surface area contributed by atoms with Crippen molar-refractivity contribution in [1.29, 1.82) is 0 Å². The van der Waals surface area contributed by atoms with Crippen LogP contribution < -0.4 is 0 Å². The van der Waals surface area contributed by atoms with Gasteiger partial charge in [-0.1, -0.05) is 135 Å². The fourth-order valence-electron chi connectivity index (χ4n) is 7.94. The number of esters is 2. The molecule has 80 heavy (non-hydrogen) atoms. The summed E-state index contributed by atoms with van der Waals surface area (Å²) in [5.74, 6) is -0.774. The summed E-state index contributed by atoms with van der Waals surface area (Å²) >= 11 is 5.25. The van der Waals surface area contributed by atoms with Crippen molar-refractivity contribution >= 4 is 68.5 Å². The van der Waals surface area contributed by atoms with E-state index in [9.17, 15) is 39.6 Å². The number of hydrogen-bond donors (Lipinski definition) is 6. The standard InChI is InChI=1S/C12H22O7S2.C10H18O4.C6H9ClO.3C5H10.C4H10O4.CH3ClO2S.6CH3.3Fe/c1-20(14,15)8-7-11(9-18-21(2,16)17)19-12(13)10-5-3-4-6-10;11-6-5-9(7-12)14-10(13)8-3-1-2-4-8;7-6(8)5-3-1-2-4-5;3*1-2-4-5-3-1;5-1-3(7)4(8)2-6;1-5(2,3)4;;;;;;;;;/h10-11H,3-9H2,1-2H3;8-9,11-12H,1-7H2;5H,1-4H2;3*1-5H2;3-8H,1-2H2;1H3;6*1H3;;;/q;;;;;;;;6*-1;3*+2/i;;;;;;;;;;;;;;3*1+1. The summed E-state index contributed by atoms with van der Waals surface area (Å²) in [6.45, 7) is -1.68. The molecule has 6 fully saturated rings. The topological polar surface area (TPSA) is 303 Å². The predicted octanol–water partition coefficient (Wildman–Crippen LogP) is 9.33. The zero-order valence-electron chi connectivity index (χ0n) is 49.9. The van der Waals surface area contributed by atoms with Crippen LogP contribution in [0.25, 0.3) is 0 Å². The van der Waals surface area contributed by atoms with E-state index in [0.717, 1.165) is 83.0 Å². The average Bonchev–Trinajstić information content (AvgIpc) is 4.18. The van der Waals surface area contributed by atoms with Crippen LogP contribution in [0.4, 0.5) is 0 Å². The SMILES string of the molecule is C1CCCC1.C1CCCC1.C1CCCC1.CS(=O)(=O)CCC(COS(C)(=O)=O)OC(=O)C1CCCC1.CS(=O)(=O)Cl.O=C(Cl)C1CCCC1.O=C(OC(CO)CCO)C1CCCC1.OCC(O)C(O)CO.[57Fe+2].[57Fe+2].[57Fe+2].[CH3-].[CH3-].[CH3-].[CH3-].[CH3-].[CH3-]. The molecule has 26 heteroatoms. The third kappa shape index (κ3) is 70.8. The number of carbonyl (C=O) groups is 3. The van der Waals surface area contributed by atoms with E-state index in [1.165, 1.54) is 109 Å². The van der Waals surface area contributed by atoms with Gasteiger partial charge in [-0.25, -0.2) is 16.8 Å². The van der Waals surface area contributed by atoms with E-state index >= 15 is 0 Å². The Labute approximate surface area is 530 Å². The Balaban J connectivity index is -0.0000000789. The van der Waals surface area contributed by atoms with Gasteiger partial charge in [-0.15, -0.1) is 0 Å². The normalized spacial score (nSPS) is 17.5. The summed E-state index contributed by atoms with van der Waals surface area (Å²) in [4.78, 5) is 33.8. The van der Waals surface area contributed by atoms with E-state index in [1.54, 1.807) is 0 Å². The summed E-state index contributed by atoms with van der Waals surface area (Å²) in [6, 6.07) is 0. The first kappa shape index (κ1) is 105. The number of aliphatic hydroxyl groups is 6. The molecule has 0 aromatic carbocycles. The number of sulfone groups is 1. The summed E-state index contributed by atoms with van der Waals surface area (Å²) in [6.07, 6.45) is 33.7. The number of aliphatic hydroxyl groups excluding tert-OH is 6. The monoisotopic (exact) mass is 1380 g/mol. The van der Waals surface area contributed by atoms with Crippen LogP contribution in [0.1, 0.15) is 186 Å². The first-order chi connectivity index (χ1) is 33.4. The molecule has 0 bridgehead atoms. The molecule has 0 saturated heterocycles. The Kier molecular flexibility index (Phi) is 85.8. The summed E-state index contributed by atoms with van der Waals surface area (Å²) in [7, 11) is -5.58. The van der Waals surface area contributed by atoms with Crippen molar-refractivity contribution in [2.24, 2.45) is 17.8 Å². The molecule has 4 atom stereocenters. The zero-order chi connectivity index (χ0) is 54.1. The van der Waals surface area contributed by atoms with Gasteiger partial charge in [-0.2, -0.15) is 8.42 Å². The molecule has 6 rings (SSSR count). The fourth-order valence-corrected chi connectivity index (χ4v) is 9.25. The van der Waals surface area contributed by atoms with Gasteiger partial charge in [0, 0.05) is 42.3 Å². The Hall–Kier alpha value is 0.318. The molecule has 0 radical (unpaired) electrons. The van der Waals surface area contributed by atoms with Crippen LogP contribution in [0.15, 0.2) is 0 Å². The van der Waals surface area contributed by atoms with Crippen LogP contribution in [0.2, 0.25) is 0 Å². The number of halogens is 2. The Morgan fingerprint density at radius 3 is 0.925 bits per heavy atom. The zero-order valence-corrected chi connectivity index (χ0v) is 57.2. The van der Waals surface area contributed by atoms with E-state index in [-0.39, 0.29) is 157 Å². The second-order valence-corrected chi connectivity index (χ2v) is 26.3. The maximum absolute atomic E-state index is 11.9. The van der Waals surface area contributed by atoms with Crippen molar-refractivity contribution in [3.8, 4) is 0 Å². The Morgan fingerprint density at radius 2 is 0.725 bits per heavy atom. The molecule has 0 amide bonds. The van der Waals surface area contributed by atoms with E-state index in [2.05, 4.69) is 14.9 Å². The van der Waals surface area contributed by atoms with Crippen LogP contribution in [0.3, 0.4) is 0 Å². The second-order valence-electron chi connectivity index (χ2n) is 19.0. The average molecular weight is 1390 g/mol. The van der Waals surface area contributed by atoms with Crippen LogP contribution in [-0.2, 0) is 108 Å². The molecule has 0 heterocycles. The largest absolute Gasteiger partial charge is 2.00 e. The molecular weight excluding hydrogens is 1270 g/mol. The summed E-state index contributed by atoms with van der Waals surface area (Å²) < 4.78 is 78.1. The third-order valence-corrected chi connectivity index (χ3v) is 14.0.